The minimum absolute atomic E-state index is 0.0730. The van der Waals surface area contributed by atoms with Crippen LogP contribution in [0.5, 0.6) is 0 Å². The van der Waals surface area contributed by atoms with Gasteiger partial charge in [0.25, 0.3) is 0 Å². The van der Waals surface area contributed by atoms with E-state index in [4.69, 9.17) is 4.74 Å². The molecule has 0 aliphatic heterocycles. The summed E-state index contributed by atoms with van der Waals surface area (Å²) in [5, 5.41) is 3.06. The Morgan fingerprint density at radius 1 is 1.31 bits per heavy atom. The first-order valence-electron chi connectivity index (χ1n) is 5.71. The van der Waals surface area contributed by atoms with Gasteiger partial charge in [0.05, 0.1) is 5.75 Å². The SMILES string of the molecule is CCCNCCS(=O)(=O)NC(C)CCOC. The number of nitrogens with one attached hydrogen (secondary N) is 2. The van der Waals surface area contributed by atoms with E-state index in [1.807, 2.05) is 13.8 Å². The molecular formula is C10H24N2O3S. The number of ether oxygens (including phenoxy) is 1. The molecule has 0 rings (SSSR count). The highest BCUT2D eigenvalue weighted by Gasteiger charge is 2.13. The molecule has 5 nitrogen and oxygen atoms in total. The monoisotopic (exact) mass is 252 g/mol. The summed E-state index contributed by atoms with van der Waals surface area (Å²) in [5.74, 6) is 0.129. The highest BCUT2D eigenvalue weighted by atomic mass is 32.2. The maximum atomic E-state index is 11.6. The fourth-order valence-corrected chi connectivity index (χ4v) is 2.49. The smallest absolute Gasteiger partial charge is 0.213 e. The molecule has 0 aliphatic rings. The van der Waals surface area contributed by atoms with Crippen molar-refractivity contribution in [3.63, 3.8) is 0 Å². The fraction of sp³-hybridized carbons (Fsp3) is 1.00. The number of hydrogen-bond donors (Lipinski definition) is 2. The van der Waals surface area contributed by atoms with Gasteiger partial charge in [0.15, 0.2) is 0 Å². The second-order valence-corrected chi connectivity index (χ2v) is 5.74. The van der Waals surface area contributed by atoms with Crippen LogP contribution >= 0.6 is 0 Å². The van der Waals surface area contributed by atoms with E-state index < -0.39 is 10.0 Å². The van der Waals surface area contributed by atoms with Crippen LogP contribution in [0.25, 0.3) is 0 Å². The molecule has 2 N–H and O–H groups in total. The van der Waals surface area contributed by atoms with Gasteiger partial charge in [-0.1, -0.05) is 6.92 Å². The van der Waals surface area contributed by atoms with Gasteiger partial charge in [-0.2, -0.15) is 0 Å². The lowest BCUT2D eigenvalue weighted by Crippen LogP contribution is -2.37. The van der Waals surface area contributed by atoms with Gasteiger partial charge in [0.2, 0.25) is 10.0 Å². The fourth-order valence-electron chi connectivity index (χ4n) is 1.23. The van der Waals surface area contributed by atoms with Crippen molar-refractivity contribution < 1.29 is 13.2 Å². The van der Waals surface area contributed by atoms with E-state index in [9.17, 15) is 8.42 Å². The first-order chi connectivity index (χ1) is 7.52. The van der Waals surface area contributed by atoms with Crippen molar-refractivity contribution in [3.8, 4) is 0 Å². The molecule has 1 atom stereocenters. The van der Waals surface area contributed by atoms with Crippen molar-refractivity contribution in [1.29, 1.82) is 0 Å². The Morgan fingerprint density at radius 3 is 2.56 bits per heavy atom. The van der Waals surface area contributed by atoms with E-state index in [0.29, 0.717) is 19.6 Å². The summed E-state index contributed by atoms with van der Waals surface area (Å²) < 4.78 is 30.7. The second kappa shape index (κ2) is 8.92. The normalized spacial score (nSPS) is 13.9. The number of sulfonamides is 1. The van der Waals surface area contributed by atoms with Crippen LogP contribution in [-0.4, -0.2) is 47.0 Å². The molecule has 0 aromatic heterocycles. The molecule has 1 unspecified atom stereocenters. The van der Waals surface area contributed by atoms with Crippen molar-refractivity contribution in [3.05, 3.63) is 0 Å². The topological polar surface area (TPSA) is 67.4 Å². The van der Waals surface area contributed by atoms with Crippen LogP contribution in [0.4, 0.5) is 0 Å². The zero-order valence-electron chi connectivity index (χ0n) is 10.5. The van der Waals surface area contributed by atoms with E-state index >= 15 is 0 Å². The van der Waals surface area contributed by atoms with Crippen LogP contribution in [0, 0.1) is 0 Å². The standard InChI is InChI=1S/C10H24N2O3S/c1-4-6-11-7-9-16(13,14)12-10(2)5-8-15-3/h10-12H,4-9H2,1-3H3. The third-order valence-corrected chi connectivity index (χ3v) is 3.61. The van der Waals surface area contributed by atoms with Gasteiger partial charge in [-0.3, -0.25) is 0 Å². The van der Waals surface area contributed by atoms with Crippen LogP contribution in [0.2, 0.25) is 0 Å². The Hall–Kier alpha value is -0.170. The zero-order chi connectivity index (χ0) is 12.4. The first-order valence-corrected chi connectivity index (χ1v) is 7.36. The summed E-state index contributed by atoms with van der Waals surface area (Å²) in [6.45, 7) is 5.81. The van der Waals surface area contributed by atoms with Crippen LogP contribution in [-0.2, 0) is 14.8 Å². The third kappa shape index (κ3) is 9.08. The molecule has 0 spiro atoms. The van der Waals surface area contributed by atoms with Crippen molar-refractivity contribution in [2.75, 3.05) is 32.6 Å². The van der Waals surface area contributed by atoms with Crippen LogP contribution in [0.3, 0.4) is 0 Å². The summed E-state index contributed by atoms with van der Waals surface area (Å²) in [4.78, 5) is 0. The van der Waals surface area contributed by atoms with Crippen molar-refractivity contribution in [2.45, 2.75) is 32.7 Å². The van der Waals surface area contributed by atoms with Gasteiger partial charge in [-0.05, 0) is 26.3 Å². The third-order valence-electron chi connectivity index (χ3n) is 2.11. The quantitative estimate of drug-likeness (QED) is 0.550. The highest BCUT2D eigenvalue weighted by molar-refractivity contribution is 7.89. The summed E-state index contributed by atoms with van der Waals surface area (Å²) in [6, 6.07) is -0.0730. The molecule has 0 bridgehead atoms. The molecule has 0 saturated heterocycles. The van der Waals surface area contributed by atoms with E-state index in [1.54, 1.807) is 7.11 Å². The van der Waals surface area contributed by atoms with Gasteiger partial charge in [-0.25, -0.2) is 13.1 Å². The highest BCUT2D eigenvalue weighted by Crippen LogP contribution is 1.94. The number of hydrogen-bond acceptors (Lipinski definition) is 4. The maximum Gasteiger partial charge on any atom is 0.213 e. The number of rotatable bonds is 10. The van der Waals surface area contributed by atoms with Gasteiger partial charge >= 0.3 is 0 Å². The lowest BCUT2D eigenvalue weighted by Gasteiger charge is -2.13. The van der Waals surface area contributed by atoms with Crippen molar-refractivity contribution in [2.24, 2.45) is 0 Å². The second-order valence-electron chi connectivity index (χ2n) is 3.87. The molecule has 98 valence electrons. The lowest BCUT2D eigenvalue weighted by molar-refractivity contribution is 0.188. The van der Waals surface area contributed by atoms with E-state index in [2.05, 4.69) is 10.0 Å². The van der Waals surface area contributed by atoms with Crippen molar-refractivity contribution >= 4 is 10.0 Å². The minimum atomic E-state index is -3.16. The molecule has 0 aromatic rings. The van der Waals surface area contributed by atoms with Crippen molar-refractivity contribution in [1.82, 2.24) is 10.0 Å². The van der Waals surface area contributed by atoms with Crippen LogP contribution in [0.1, 0.15) is 26.7 Å². The van der Waals surface area contributed by atoms with E-state index in [1.165, 1.54) is 0 Å². The summed E-state index contributed by atoms with van der Waals surface area (Å²) in [5.41, 5.74) is 0. The maximum absolute atomic E-state index is 11.6. The average molecular weight is 252 g/mol. The van der Waals surface area contributed by atoms with Gasteiger partial charge in [-0.15, -0.1) is 0 Å². The van der Waals surface area contributed by atoms with E-state index in [-0.39, 0.29) is 11.8 Å². The molecule has 0 fully saturated rings. The Bertz CT molecular complexity index is 255. The number of methoxy groups -OCH3 is 1. The van der Waals surface area contributed by atoms with Crippen LogP contribution in [0.15, 0.2) is 0 Å². The lowest BCUT2D eigenvalue weighted by atomic mass is 10.3. The Kier molecular flexibility index (Phi) is 8.83. The predicted molar refractivity (Wildman–Crippen MR) is 66.0 cm³/mol. The Balaban J connectivity index is 3.76. The predicted octanol–water partition coefficient (Wildman–Crippen LogP) is 0.330. The summed E-state index contributed by atoms with van der Waals surface area (Å²) in [6.07, 6.45) is 1.70. The molecule has 0 heterocycles. The van der Waals surface area contributed by atoms with Gasteiger partial charge < -0.3 is 10.1 Å². The minimum Gasteiger partial charge on any atom is -0.385 e. The largest absolute Gasteiger partial charge is 0.385 e. The first kappa shape index (κ1) is 15.8. The average Bonchev–Trinajstić information content (AvgIpc) is 2.21. The molecule has 0 amide bonds. The Morgan fingerprint density at radius 2 is 2.00 bits per heavy atom. The van der Waals surface area contributed by atoms with Gasteiger partial charge in [0, 0.05) is 26.3 Å². The van der Waals surface area contributed by atoms with Gasteiger partial charge in [0.1, 0.15) is 0 Å². The molecular weight excluding hydrogens is 228 g/mol. The molecule has 0 radical (unpaired) electrons. The molecule has 6 heteroatoms. The van der Waals surface area contributed by atoms with Crippen LogP contribution < -0.4 is 10.0 Å². The van der Waals surface area contributed by atoms with E-state index in [0.717, 1.165) is 13.0 Å². The molecule has 16 heavy (non-hydrogen) atoms. The zero-order valence-corrected chi connectivity index (χ0v) is 11.3. The Labute approximate surface area is 99.0 Å². The molecule has 0 aromatic carbocycles. The summed E-state index contributed by atoms with van der Waals surface area (Å²) in [7, 11) is -1.55. The summed E-state index contributed by atoms with van der Waals surface area (Å²) >= 11 is 0. The molecule has 0 saturated carbocycles. The molecule has 0 aliphatic carbocycles.